The van der Waals surface area contributed by atoms with E-state index in [1.165, 1.54) is 0 Å². The van der Waals surface area contributed by atoms with Crippen LogP contribution in [-0.2, 0) is 13.2 Å². The average molecular weight is 227 g/mol. The highest BCUT2D eigenvalue weighted by Gasteiger charge is 2.09. The van der Waals surface area contributed by atoms with Crippen molar-refractivity contribution in [1.82, 2.24) is 4.98 Å². The van der Waals surface area contributed by atoms with Crippen molar-refractivity contribution in [1.29, 1.82) is 0 Å². The molecular formula is C14H13NO2. The number of fused-ring (bicyclic) bond motifs is 3. The van der Waals surface area contributed by atoms with Crippen LogP contribution in [0.2, 0.25) is 0 Å². The van der Waals surface area contributed by atoms with Crippen LogP contribution in [0.25, 0.3) is 21.8 Å². The minimum Gasteiger partial charge on any atom is -0.392 e. The summed E-state index contributed by atoms with van der Waals surface area (Å²) in [7, 11) is 0. The van der Waals surface area contributed by atoms with E-state index in [0.717, 1.165) is 32.9 Å². The first-order valence-electron chi connectivity index (χ1n) is 5.57. The Labute approximate surface area is 98.3 Å². The lowest BCUT2D eigenvalue weighted by Gasteiger charge is -2.03. The molecule has 0 bridgehead atoms. The maximum atomic E-state index is 9.44. The van der Waals surface area contributed by atoms with Gasteiger partial charge in [-0.3, -0.25) is 0 Å². The summed E-state index contributed by atoms with van der Waals surface area (Å²) in [5.41, 5.74) is 3.67. The van der Waals surface area contributed by atoms with E-state index < -0.39 is 0 Å². The van der Waals surface area contributed by atoms with E-state index >= 15 is 0 Å². The second-order valence-corrected chi connectivity index (χ2v) is 4.16. The molecule has 0 fully saturated rings. The number of H-pyrrole nitrogens is 1. The number of aromatic amines is 1. The smallest absolute Gasteiger partial charge is 0.0688 e. The first-order chi connectivity index (χ1) is 8.33. The fourth-order valence-electron chi connectivity index (χ4n) is 2.36. The molecular weight excluding hydrogens is 214 g/mol. The Bertz CT molecular complexity index is 685. The van der Waals surface area contributed by atoms with Crippen LogP contribution < -0.4 is 0 Å². The van der Waals surface area contributed by atoms with Crippen LogP contribution >= 0.6 is 0 Å². The standard InChI is InChI=1S/C14H13NO2/c16-7-9-5-10(8-17)14-11-3-1-2-4-12(11)15-13(14)6-9/h1-6,15-17H,7-8H2. The van der Waals surface area contributed by atoms with Crippen molar-refractivity contribution in [3.63, 3.8) is 0 Å². The Morgan fingerprint density at radius 2 is 1.76 bits per heavy atom. The molecule has 86 valence electrons. The number of aromatic nitrogens is 1. The predicted octanol–water partition coefficient (Wildman–Crippen LogP) is 2.31. The molecule has 0 aliphatic heterocycles. The van der Waals surface area contributed by atoms with Crippen LogP contribution in [0.15, 0.2) is 36.4 Å². The molecule has 0 unspecified atom stereocenters. The van der Waals surface area contributed by atoms with Gasteiger partial charge in [0.2, 0.25) is 0 Å². The number of para-hydroxylation sites is 1. The minimum absolute atomic E-state index is 0.0156. The predicted molar refractivity (Wildman–Crippen MR) is 67.7 cm³/mol. The Balaban J connectivity index is 2.47. The third-order valence-electron chi connectivity index (χ3n) is 3.10. The molecule has 0 aliphatic carbocycles. The van der Waals surface area contributed by atoms with E-state index in [-0.39, 0.29) is 13.2 Å². The number of hydrogen-bond donors (Lipinski definition) is 3. The van der Waals surface area contributed by atoms with Crippen LogP contribution in [0, 0.1) is 0 Å². The van der Waals surface area contributed by atoms with E-state index in [9.17, 15) is 10.2 Å². The summed E-state index contributed by atoms with van der Waals surface area (Å²) in [5.74, 6) is 0. The van der Waals surface area contributed by atoms with Crippen LogP contribution in [-0.4, -0.2) is 15.2 Å². The lowest BCUT2D eigenvalue weighted by atomic mass is 10.0. The molecule has 3 aromatic rings. The quantitative estimate of drug-likeness (QED) is 0.629. The largest absolute Gasteiger partial charge is 0.392 e. The zero-order valence-corrected chi connectivity index (χ0v) is 9.27. The van der Waals surface area contributed by atoms with Crippen LogP contribution in [0.3, 0.4) is 0 Å². The second-order valence-electron chi connectivity index (χ2n) is 4.16. The Kier molecular flexibility index (Phi) is 2.35. The van der Waals surface area contributed by atoms with Gasteiger partial charge in [-0.1, -0.05) is 24.3 Å². The summed E-state index contributed by atoms with van der Waals surface area (Å²) in [6.07, 6.45) is 0. The lowest BCUT2D eigenvalue weighted by Crippen LogP contribution is -1.90. The number of benzene rings is 2. The second kappa shape index (κ2) is 3.87. The molecule has 1 heterocycles. The number of nitrogens with one attached hydrogen (secondary N) is 1. The Hall–Kier alpha value is -1.84. The first-order valence-corrected chi connectivity index (χ1v) is 5.57. The Morgan fingerprint density at radius 3 is 2.53 bits per heavy atom. The van der Waals surface area contributed by atoms with Crippen LogP contribution in [0.5, 0.6) is 0 Å². The van der Waals surface area contributed by atoms with Gasteiger partial charge in [0.15, 0.2) is 0 Å². The van der Waals surface area contributed by atoms with E-state index in [0.29, 0.717) is 0 Å². The molecule has 0 amide bonds. The van der Waals surface area contributed by atoms with Crippen LogP contribution in [0.1, 0.15) is 11.1 Å². The number of aliphatic hydroxyl groups excluding tert-OH is 2. The van der Waals surface area contributed by atoms with Gasteiger partial charge < -0.3 is 15.2 Å². The number of rotatable bonds is 2. The van der Waals surface area contributed by atoms with Crippen molar-refractivity contribution in [2.24, 2.45) is 0 Å². The molecule has 3 heteroatoms. The summed E-state index contributed by atoms with van der Waals surface area (Å²) in [6.45, 7) is -0.0372. The molecule has 0 saturated heterocycles. The van der Waals surface area contributed by atoms with Crippen molar-refractivity contribution < 1.29 is 10.2 Å². The third kappa shape index (κ3) is 1.52. The van der Waals surface area contributed by atoms with Crippen LogP contribution in [0.4, 0.5) is 0 Å². The monoisotopic (exact) mass is 227 g/mol. The lowest BCUT2D eigenvalue weighted by molar-refractivity contribution is 0.276. The van der Waals surface area contributed by atoms with Gasteiger partial charge in [0.1, 0.15) is 0 Å². The summed E-state index contributed by atoms with van der Waals surface area (Å²) < 4.78 is 0. The summed E-state index contributed by atoms with van der Waals surface area (Å²) >= 11 is 0. The van der Waals surface area contributed by atoms with E-state index in [4.69, 9.17) is 0 Å². The molecule has 0 radical (unpaired) electrons. The van der Waals surface area contributed by atoms with Crippen molar-refractivity contribution in [3.8, 4) is 0 Å². The van der Waals surface area contributed by atoms with Gasteiger partial charge in [0.05, 0.1) is 13.2 Å². The molecule has 0 aliphatic rings. The van der Waals surface area contributed by atoms with E-state index in [1.807, 2.05) is 36.4 Å². The zero-order valence-electron chi connectivity index (χ0n) is 9.27. The van der Waals surface area contributed by atoms with Gasteiger partial charge in [-0.25, -0.2) is 0 Å². The Morgan fingerprint density at radius 1 is 0.941 bits per heavy atom. The molecule has 17 heavy (non-hydrogen) atoms. The summed E-state index contributed by atoms with van der Waals surface area (Å²) in [6, 6.07) is 11.8. The molecule has 3 nitrogen and oxygen atoms in total. The van der Waals surface area contributed by atoms with Gasteiger partial charge >= 0.3 is 0 Å². The molecule has 0 saturated carbocycles. The highest BCUT2D eigenvalue weighted by atomic mass is 16.3. The molecule has 3 N–H and O–H groups in total. The van der Waals surface area contributed by atoms with Crippen molar-refractivity contribution >= 4 is 21.8 Å². The number of aliphatic hydroxyl groups is 2. The highest BCUT2D eigenvalue weighted by Crippen LogP contribution is 2.29. The van der Waals surface area contributed by atoms with Gasteiger partial charge in [-0.05, 0) is 23.3 Å². The fourth-order valence-corrected chi connectivity index (χ4v) is 2.36. The molecule has 1 aromatic heterocycles. The van der Waals surface area contributed by atoms with E-state index in [2.05, 4.69) is 4.98 Å². The normalized spacial score (nSPS) is 11.4. The third-order valence-corrected chi connectivity index (χ3v) is 3.10. The maximum absolute atomic E-state index is 9.44. The molecule has 0 spiro atoms. The van der Waals surface area contributed by atoms with E-state index in [1.54, 1.807) is 0 Å². The van der Waals surface area contributed by atoms with Gasteiger partial charge in [0.25, 0.3) is 0 Å². The van der Waals surface area contributed by atoms with Crippen molar-refractivity contribution in [2.45, 2.75) is 13.2 Å². The molecule has 2 aromatic carbocycles. The number of hydrogen-bond acceptors (Lipinski definition) is 2. The zero-order chi connectivity index (χ0) is 11.8. The summed E-state index contributed by atoms with van der Waals surface area (Å²) in [5, 5.41) is 20.8. The maximum Gasteiger partial charge on any atom is 0.0688 e. The first kappa shape index (κ1) is 10.3. The fraction of sp³-hybridized carbons (Fsp3) is 0.143. The average Bonchev–Trinajstić information content (AvgIpc) is 2.75. The molecule has 3 rings (SSSR count). The van der Waals surface area contributed by atoms with Crippen molar-refractivity contribution in [2.75, 3.05) is 0 Å². The van der Waals surface area contributed by atoms with Gasteiger partial charge in [0, 0.05) is 21.8 Å². The highest BCUT2D eigenvalue weighted by molar-refractivity contribution is 6.09. The van der Waals surface area contributed by atoms with Crippen molar-refractivity contribution in [3.05, 3.63) is 47.5 Å². The summed E-state index contributed by atoms with van der Waals surface area (Å²) in [4.78, 5) is 3.31. The topological polar surface area (TPSA) is 56.2 Å². The minimum atomic E-state index is -0.0216. The van der Waals surface area contributed by atoms with Gasteiger partial charge in [-0.2, -0.15) is 0 Å². The van der Waals surface area contributed by atoms with Gasteiger partial charge in [-0.15, -0.1) is 0 Å². The molecule has 0 atom stereocenters. The SMILES string of the molecule is OCc1cc(CO)c2c(c1)[nH]c1ccccc12.